The highest BCUT2D eigenvalue weighted by Gasteiger charge is 2.19. The van der Waals surface area contributed by atoms with Crippen molar-refractivity contribution in [3.05, 3.63) is 81.8 Å². The molecule has 31 heavy (non-hydrogen) atoms. The number of rotatable bonds is 6. The van der Waals surface area contributed by atoms with Crippen LogP contribution in [0.4, 0.5) is 11.4 Å². The smallest absolute Gasteiger partial charge is 0.262 e. The summed E-state index contributed by atoms with van der Waals surface area (Å²) in [7, 11) is -2.62. The second-order valence-corrected chi connectivity index (χ2v) is 8.74. The van der Waals surface area contributed by atoms with E-state index in [1.54, 1.807) is 6.07 Å². The van der Waals surface area contributed by atoms with Crippen molar-refractivity contribution in [2.75, 3.05) is 17.1 Å². The Balaban J connectivity index is 1.87. The molecule has 3 rings (SSSR count). The van der Waals surface area contributed by atoms with Gasteiger partial charge in [0.1, 0.15) is 5.75 Å². The van der Waals surface area contributed by atoms with Gasteiger partial charge < -0.3 is 10.1 Å². The number of nitriles is 1. The SMILES string of the molecule is COc1ccc(NC(=O)c2ccc(C#N)cc2)cc1NS(=O)(=O)c1ccc(Cl)c(Cl)c1. The third-order valence-electron chi connectivity index (χ3n) is 4.18. The van der Waals surface area contributed by atoms with Crippen LogP contribution in [0.1, 0.15) is 15.9 Å². The Morgan fingerprint density at radius 2 is 1.71 bits per heavy atom. The number of anilines is 2. The summed E-state index contributed by atoms with van der Waals surface area (Å²) in [5.41, 5.74) is 1.22. The van der Waals surface area contributed by atoms with Crippen LogP contribution in [0.15, 0.2) is 65.6 Å². The summed E-state index contributed by atoms with van der Waals surface area (Å²) >= 11 is 11.8. The molecule has 0 aliphatic heterocycles. The minimum Gasteiger partial charge on any atom is -0.495 e. The molecule has 1 amide bonds. The van der Waals surface area contributed by atoms with Gasteiger partial charge in [-0.25, -0.2) is 8.42 Å². The first-order valence-corrected chi connectivity index (χ1v) is 10.9. The number of sulfonamides is 1. The van der Waals surface area contributed by atoms with Gasteiger partial charge in [0.05, 0.1) is 39.4 Å². The number of amides is 1. The Morgan fingerprint density at radius 3 is 2.32 bits per heavy atom. The van der Waals surface area contributed by atoms with E-state index in [0.717, 1.165) is 0 Å². The summed E-state index contributed by atoms with van der Waals surface area (Å²) in [6.45, 7) is 0. The van der Waals surface area contributed by atoms with Gasteiger partial charge in [-0.15, -0.1) is 0 Å². The average molecular weight is 476 g/mol. The van der Waals surface area contributed by atoms with E-state index in [1.165, 1.54) is 61.7 Å². The molecule has 0 saturated heterocycles. The van der Waals surface area contributed by atoms with Crippen molar-refractivity contribution >= 4 is 50.5 Å². The number of ether oxygens (including phenoxy) is 1. The zero-order chi connectivity index (χ0) is 22.6. The van der Waals surface area contributed by atoms with Crippen LogP contribution >= 0.6 is 23.2 Å². The summed E-state index contributed by atoms with van der Waals surface area (Å²) in [6.07, 6.45) is 0. The molecule has 0 fully saturated rings. The maximum Gasteiger partial charge on any atom is 0.262 e. The molecule has 0 saturated carbocycles. The monoisotopic (exact) mass is 475 g/mol. The second kappa shape index (κ2) is 9.27. The van der Waals surface area contributed by atoms with Gasteiger partial charge >= 0.3 is 0 Å². The molecule has 0 atom stereocenters. The van der Waals surface area contributed by atoms with Gasteiger partial charge in [-0.3, -0.25) is 9.52 Å². The maximum absolute atomic E-state index is 12.8. The fraction of sp³-hybridized carbons (Fsp3) is 0.0476. The number of methoxy groups -OCH3 is 1. The molecule has 7 nitrogen and oxygen atoms in total. The fourth-order valence-electron chi connectivity index (χ4n) is 2.61. The third kappa shape index (κ3) is 5.27. The Bertz CT molecular complexity index is 1290. The lowest BCUT2D eigenvalue weighted by atomic mass is 10.1. The van der Waals surface area contributed by atoms with Gasteiger partial charge in [0, 0.05) is 11.3 Å². The molecule has 10 heteroatoms. The number of hydrogen-bond acceptors (Lipinski definition) is 5. The van der Waals surface area contributed by atoms with E-state index in [1.807, 2.05) is 6.07 Å². The normalized spacial score (nSPS) is 10.8. The van der Waals surface area contributed by atoms with Crippen molar-refractivity contribution in [3.8, 4) is 11.8 Å². The lowest BCUT2D eigenvalue weighted by Gasteiger charge is -2.14. The topological polar surface area (TPSA) is 108 Å². The largest absolute Gasteiger partial charge is 0.495 e. The molecule has 0 bridgehead atoms. The van der Waals surface area contributed by atoms with Gasteiger partial charge in [-0.05, 0) is 60.7 Å². The van der Waals surface area contributed by atoms with Crippen LogP contribution in [0.25, 0.3) is 0 Å². The van der Waals surface area contributed by atoms with E-state index in [9.17, 15) is 13.2 Å². The number of benzene rings is 3. The van der Waals surface area contributed by atoms with Crippen molar-refractivity contribution in [1.29, 1.82) is 5.26 Å². The molecule has 0 heterocycles. The standard InChI is InChI=1S/C21H15Cl2N3O4S/c1-30-20-9-6-15(25-21(27)14-4-2-13(12-24)3-5-14)10-19(20)26-31(28,29)16-7-8-17(22)18(23)11-16/h2-11,26H,1H3,(H,25,27). The molecule has 0 aliphatic rings. The van der Waals surface area contributed by atoms with Crippen LogP contribution in [-0.4, -0.2) is 21.4 Å². The summed E-state index contributed by atoms with van der Waals surface area (Å²) < 4.78 is 33.2. The minimum atomic E-state index is -4.01. The zero-order valence-electron chi connectivity index (χ0n) is 16.0. The van der Waals surface area contributed by atoms with Gasteiger partial charge in [-0.2, -0.15) is 5.26 Å². The zero-order valence-corrected chi connectivity index (χ0v) is 18.3. The molecule has 0 radical (unpaired) electrons. The molecule has 0 unspecified atom stereocenters. The molecular formula is C21H15Cl2N3O4S. The minimum absolute atomic E-state index is 0.0871. The number of nitrogens with one attached hydrogen (secondary N) is 2. The highest BCUT2D eigenvalue weighted by atomic mass is 35.5. The summed E-state index contributed by atoms with van der Waals surface area (Å²) in [5, 5.41) is 11.9. The summed E-state index contributed by atoms with van der Waals surface area (Å²) in [6, 6.07) is 16.5. The molecule has 0 aliphatic carbocycles. The predicted octanol–water partition coefficient (Wildman–Crippen LogP) is 4.93. The Morgan fingerprint density at radius 1 is 1.00 bits per heavy atom. The van der Waals surface area contributed by atoms with E-state index in [4.69, 9.17) is 33.2 Å². The highest BCUT2D eigenvalue weighted by molar-refractivity contribution is 7.92. The van der Waals surface area contributed by atoms with Crippen molar-refractivity contribution in [2.45, 2.75) is 4.90 Å². The molecule has 3 aromatic carbocycles. The number of nitrogens with zero attached hydrogens (tertiary/aromatic N) is 1. The molecule has 158 valence electrons. The summed E-state index contributed by atoms with van der Waals surface area (Å²) in [5.74, 6) is -0.173. The van der Waals surface area contributed by atoms with E-state index in [0.29, 0.717) is 16.8 Å². The van der Waals surface area contributed by atoms with E-state index < -0.39 is 15.9 Å². The van der Waals surface area contributed by atoms with Crippen LogP contribution in [-0.2, 0) is 10.0 Å². The highest BCUT2D eigenvalue weighted by Crippen LogP contribution is 2.31. The van der Waals surface area contributed by atoms with Crippen molar-refractivity contribution < 1.29 is 17.9 Å². The first-order chi connectivity index (χ1) is 14.7. The van der Waals surface area contributed by atoms with E-state index >= 15 is 0 Å². The Hall–Kier alpha value is -3.25. The average Bonchev–Trinajstić information content (AvgIpc) is 2.75. The Kier molecular flexibility index (Phi) is 6.71. The van der Waals surface area contributed by atoms with Crippen LogP contribution in [0.2, 0.25) is 10.0 Å². The van der Waals surface area contributed by atoms with Crippen molar-refractivity contribution in [2.24, 2.45) is 0 Å². The van der Waals surface area contributed by atoms with Crippen LogP contribution in [0.3, 0.4) is 0 Å². The van der Waals surface area contributed by atoms with Crippen LogP contribution in [0.5, 0.6) is 5.75 Å². The van der Waals surface area contributed by atoms with Gasteiger partial charge in [0.15, 0.2) is 0 Å². The van der Waals surface area contributed by atoms with Gasteiger partial charge in [0.25, 0.3) is 15.9 Å². The molecule has 0 spiro atoms. The molecule has 0 aromatic heterocycles. The maximum atomic E-state index is 12.8. The summed E-state index contributed by atoms with van der Waals surface area (Å²) in [4.78, 5) is 12.4. The van der Waals surface area contributed by atoms with Gasteiger partial charge in [-0.1, -0.05) is 23.2 Å². The molecular weight excluding hydrogens is 461 g/mol. The first-order valence-electron chi connectivity index (χ1n) is 8.71. The fourth-order valence-corrected chi connectivity index (χ4v) is 4.06. The third-order valence-corrected chi connectivity index (χ3v) is 6.28. The van der Waals surface area contributed by atoms with Crippen molar-refractivity contribution in [1.82, 2.24) is 0 Å². The van der Waals surface area contributed by atoms with Gasteiger partial charge in [0.2, 0.25) is 0 Å². The first kappa shape index (κ1) is 22.4. The second-order valence-electron chi connectivity index (χ2n) is 6.24. The van der Waals surface area contributed by atoms with Crippen molar-refractivity contribution in [3.63, 3.8) is 0 Å². The molecule has 3 aromatic rings. The van der Waals surface area contributed by atoms with Crippen LogP contribution < -0.4 is 14.8 Å². The number of halogens is 2. The lowest BCUT2D eigenvalue weighted by molar-refractivity contribution is 0.102. The van der Waals surface area contributed by atoms with E-state index in [2.05, 4.69) is 10.0 Å². The lowest BCUT2D eigenvalue weighted by Crippen LogP contribution is -2.15. The number of hydrogen-bond donors (Lipinski definition) is 2. The quantitative estimate of drug-likeness (QED) is 0.525. The predicted molar refractivity (Wildman–Crippen MR) is 119 cm³/mol. The van der Waals surface area contributed by atoms with Crippen LogP contribution in [0, 0.1) is 11.3 Å². The molecule has 2 N–H and O–H groups in total. The Labute approximate surface area is 189 Å². The van der Waals surface area contributed by atoms with E-state index in [-0.39, 0.29) is 26.4 Å². The number of carbonyl (C=O) groups excluding carboxylic acids is 1. The number of carbonyl (C=O) groups is 1.